The molecule has 7 heteroatoms. The Labute approximate surface area is 162 Å². The van der Waals surface area contributed by atoms with Crippen LogP contribution in [0.4, 0.5) is 0 Å². The molecule has 1 saturated heterocycles. The first-order valence-electron chi connectivity index (χ1n) is 9.85. The summed E-state index contributed by atoms with van der Waals surface area (Å²) in [6.45, 7) is 4.27. The van der Waals surface area contributed by atoms with Crippen LogP contribution in [0.25, 0.3) is 0 Å². The van der Waals surface area contributed by atoms with Crippen LogP contribution in [0.5, 0.6) is 5.75 Å². The summed E-state index contributed by atoms with van der Waals surface area (Å²) in [5, 5.41) is 0. The number of amides is 1. The molecular weight excluding hydrogens is 364 g/mol. The van der Waals surface area contributed by atoms with E-state index in [0.29, 0.717) is 11.5 Å². The third kappa shape index (κ3) is 4.29. The van der Waals surface area contributed by atoms with Gasteiger partial charge in [0.1, 0.15) is 10.6 Å². The largest absolute Gasteiger partial charge is 0.495 e. The molecule has 0 bridgehead atoms. The molecule has 1 aliphatic carbocycles. The van der Waals surface area contributed by atoms with Crippen LogP contribution in [0.3, 0.4) is 0 Å². The Morgan fingerprint density at radius 2 is 1.89 bits per heavy atom. The highest BCUT2D eigenvalue weighted by Crippen LogP contribution is 2.36. The van der Waals surface area contributed by atoms with Crippen LogP contribution in [0.1, 0.15) is 62.7 Å². The van der Waals surface area contributed by atoms with Crippen LogP contribution < -0.4 is 9.46 Å². The van der Waals surface area contributed by atoms with E-state index >= 15 is 0 Å². The summed E-state index contributed by atoms with van der Waals surface area (Å²) in [7, 11) is -2.33. The Morgan fingerprint density at radius 3 is 2.59 bits per heavy atom. The minimum atomic E-state index is -3.76. The Hall–Kier alpha value is -1.60. The van der Waals surface area contributed by atoms with Crippen LogP contribution in [0.2, 0.25) is 0 Å². The van der Waals surface area contributed by atoms with E-state index in [1.165, 1.54) is 32.4 Å². The van der Waals surface area contributed by atoms with Gasteiger partial charge in [0, 0.05) is 24.2 Å². The number of sulfonamides is 1. The van der Waals surface area contributed by atoms with Crippen molar-refractivity contribution < 1.29 is 17.9 Å². The lowest BCUT2D eigenvalue weighted by Crippen LogP contribution is -2.49. The number of rotatable bonds is 5. The van der Waals surface area contributed by atoms with Gasteiger partial charge in [-0.25, -0.2) is 13.1 Å². The highest BCUT2D eigenvalue weighted by molar-refractivity contribution is 7.89. The molecule has 2 atom stereocenters. The maximum absolute atomic E-state index is 13.2. The normalized spacial score (nSPS) is 23.2. The Morgan fingerprint density at radius 1 is 1.19 bits per heavy atom. The quantitative estimate of drug-likeness (QED) is 0.832. The number of nitrogens with one attached hydrogen (secondary N) is 1. The first-order valence-corrected chi connectivity index (χ1v) is 11.3. The lowest BCUT2D eigenvalue weighted by atomic mass is 9.78. The summed E-state index contributed by atoms with van der Waals surface area (Å²) in [5.74, 6) is 0.754. The van der Waals surface area contributed by atoms with Crippen LogP contribution in [0.15, 0.2) is 23.1 Å². The van der Waals surface area contributed by atoms with E-state index in [1.54, 1.807) is 26.0 Å². The van der Waals surface area contributed by atoms with Gasteiger partial charge in [0.15, 0.2) is 0 Å². The molecule has 150 valence electrons. The molecule has 0 radical (unpaired) electrons. The van der Waals surface area contributed by atoms with Gasteiger partial charge in [-0.3, -0.25) is 4.79 Å². The van der Waals surface area contributed by atoms with Crippen LogP contribution >= 0.6 is 0 Å². The maximum Gasteiger partial charge on any atom is 0.254 e. The molecular formula is C20H30N2O4S. The number of nitrogens with zero attached hydrogens (tertiary/aromatic N) is 1. The molecule has 0 spiro atoms. The van der Waals surface area contributed by atoms with Crippen molar-refractivity contribution in [2.24, 2.45) is 5.92 Å². The summed E-state index contributed by atoms with van der Waals surface area (Å²) in [6, 6.07) is 4.74. The van der Waals surface area contributed by atoms with Gasteiger partial charge in [0.05, 0.1) is 7.11 Å². The van der Waals surface area contributed by atoms with Gasteiger partial charge in [-0.2, -0.15) is 0 Å². The molecule has 27 heavy (non-hydrogen) atoms. The number of hydrogen-bond acceptors (Lipinski definition) is 4. The topological polar surface area (TPSA) is 75.7 Å². The number of benzene rings is 1. The van der Waals surface area contributed by atoms with Crippen molar-refractivity contribution >= 4 is 15.9 Å². The van der Waals surface area contributed by atoms with Crippen LogP contribution in [0, 0.1) is 5.92 Å². The van der Waals surface area contributed by atoms with Gasteiger partial charge in [0.2, 0.25) is 10.0 Å². The summed E-state index contributed by atoms with van der Waals surface area (Å²) < 4.78 is 33.2. The highest BCUT2D eigenvalue weighted by atomic mass is 32.2. The van der Waals surface area contributed by atoms with E-state index in [0.717, 1.165) is 25.8 Å². The zero-order chi connectivity index (χ0) is 19.6. The van der Waals surface area contributed by atoms with Crippen molar-refractivity contribution in [1.29, 1.82) is 0 Å². The lowest BCUT2D eigenvalue weighted by molar-refractivity contribution is 0.0390. The second-order valence-corrected chi connectivity index (χ2v) is 9.58. The number of carbonyl (C=O) groups is 1. The number of ether oxygens (including phenoxy) is 1. The van der Waals surface area contributed by atoms with E-state index in [1.807, 2.05) is 4.90 Å². The molecule has 1 saturated carbocycles. The van der Waals surface area contributed by atoms with E-state index in [-0.39, 0.29) is 28.6 Å². The average molecular weight is 395 g/mol. The van der Waals surface area contributed by atoms with E-state index in [4.69, 9.17) is 4.74 Å². The molecule has 0 aromatic heterocycles. The fourth-order valence-electron chi connectivity index (χ4n) is 4.44. The van der Waals surface area contributed by atoms with Crippen molar-refractivity contribution in [3.05, 3.63) is 23.8 Å². The zero-order valence-electron chi connectivity index (χ0n) is 16.4. The smallest absolute Gasteiger partial charge is 0.254 e. The third-order valence-corrected chi connectivity index (χ3v) is 7.27. The molecule has 2 aliphatic rings. The zero-order valence-corrected chi connectivity index (χ0v) is 17.2. The van der Waals surface area contributed by atoms with E-state index < -0.39 is 10.0 Å². The Kier molecular flexibility index (Phi) is 6.11. The lowest BCUT2D eigenvalue weighted by Gasteiger charge is -2.44. The van der Waals surface area contributed by atoms with Crippen molar-refractivity contribution in [3.63, 3.8) is 0 Å². The molecule has 1 aromatic carbocycles. The van der Waals surface area contributed by atoms with E-state index in [9.17, 15) is 13.2 Å². The Balaban J connectivity index is 1.92. The van der Waals surface area contributed by atoms with Crippen molar-refractivity contribution in [1.82, 2.24) is 9.62 Å². The standard InChI is InChI=1S/C20H30N2O4S/c1-14(2)21-27(24,25)19-13-16(10-11-18(19)26-3)20(23)22-12-6-8-15-7-4-5-9-17(15)22/h10-11,13-15,17,21H,4-9,12H2,1-3H3. The second-order valence-electron chi connectivity index (χ2n) is 7.89. The monoisotopic (exact) mass is 394 g/mol. The fourth-order valence-corrected chi connectivity index (χ4v) is 5.88. The molecule has 2 fully saturated rings. The number of likely N-dealkylation sites (tertiary alicyclic amines) is 1. The predicted molar refractivity (Wildman–Crippen MR) is 104 cm³/mol. The molecule has 1 aromatic rings. The molecule has 1 N–H and O–H groups in total. The minimum absolute atomic E-state index is 0.0155. The number of fused-ring (bicyclic) bond motifs is 1. The number of hydrogen-bond donors (Lipinski definition) is 1. The van der Waals surface area contributed by atoms with E-state index in [2.05, 4.69) is 4.72 Å². The Bertz CT molecular complexity index is 789. The fraction of sp³-hybridized carbons (Fsp3) is 0.650. The van der Waals surface area contributed by atoms with Crippen molar-refractivity contribution in [2.45, 2.75) is 69.4 Å². The summed E-state index contributed by atoms with van der Waals surface area (Å²) in [5.41, 5.74) is 0.408. The number of piperidine rings is 1. The van der Waals surface area contributed by atoms with Crippen molar-refractivity contribution in [3.8, 4) is 5.75 Å². The molecule has 1 aliphatic heterocycles. The van der Waals surface area contributed by atoms with Gasteiger partial charge in [-0.1, -0.05) is 12.8 Å². The number of carbonyl (C=O) groups excluding carboxylic acids is 1. The molecule has 1 amide bonds. The first-order chi connectivity index (χ1) is 12.8. The molecule has 6 nitrogen and oxygen atoms in total. The molecule has 2 unspecified atom stereocenters. The first kappa shape index (κ1) is 20.1. The highest BCUT2D eigenvalue weighted by Gasteiger charge is 2.36. The van der Waals surface area contributed by atoms with Gasteiger partial charge >= 0.3 is 0 Å². The third-order valence-electron chi connectivity index (χ3n) is 5.60. The number of methoxy groups -OCH3 is 1. The molecule has 1 heterocycles. The maximum atomic E-state index is 13.2. The average Bonchev–Trinajstić information content (AvgIpc) is 2.65. The second kappa shape index (κ2) is 8.19. The van der Waals surface area contributed by atoms with Crippen LogP contribution in [-0.2, 0) is 10.0 Å². The summed E-state index contributed by atoms with van der Waals surface area (Å²) >= 11 is 0. The SMILES string of the molecule is COc1ccc(C(=O)N2CCCC3CCCCC32)cc1S(=O)(=O)NC(C)C. The van der Waals surface area contributed by atoms with Gasteiger partial charge in [0.25, 0.3) is 5.91 Å². The minimum Gasteiger partial charge on any atom is -0.495 e. The van der Waals surface area contributed by atoms with Gasteiger partial charge in [-0.15, -0.1) is 0 Å². The van der Waals surface area contributed by atoms with Crippen LogP contribution in [-0.4, -0.2) is 45.0 Å². The summed E-state index contributed by atoms with van der Waals surface area (Å²) in [6.07, 6.45) is 6.85. The summed E-state index contributed by atoms with van der Waals surface area (Å²) in [4.78, 5) is 15.2. The van der Waals surface area contributed by atoms with Gasteiger partial charge < -0.3 is 9.64 Å². The van der Waals surface area contributed by atoms with Crippen molar-refractivity contribution in [2.75, 3.05) is 13.7 Å². The molecule has 3 rings (SSSR count). The van der Waals surface area contributed by atoms with Gasteiger partial charge in [-0.05, 0) is 63.6 Å². The predicted octanol–water partition coefficient (Wildman–Crippen LogP) is 3.18.